The SMILES string of the molecule is O=c1[nH]cnc(Oc2cccc(Br)c2)c1I. The zero-order valence-corrected chi connectivity index (χ0v) is 11.6. The number of rotatable bonds is 2. The zero-order valence-electron chi connectivity index (χ0n) is 7.91. The molecule has 0 aliphatic carbocycles. The summed E-state index contributed by atoms with van der Waals surface area (Å²) in [5, 5.41) is 0. The largest absolute Gasteiger partial charge is 0.438 e. The fourth-order valence-corrected chi connectivity index (χ4v) is 1.86. The van der Waals surface area contributed by atoms with Gasteiger partial charge in [0.05, 0.1) is 6.33 Å². The molecule has 82 valence electrons. The number of H-pyrrole nitrogens is 1. The van der Waals surface area contributed by atoms with Crippen molar-refractivity contribution in [3.8, 4) is 11.6 Å². The van der Waals surface area contributed by atoms with Gasteiger partial charge in [-0.15, -0.1) is 0 Å². The number of hydrogen-bond acceptors (Lipinski definition) is 3. The molecule has 1 aromatic heterocycles. The first-order valence-corrected chi connectivity index (χ1v) is 6.20. The van der Waals surface area contributed by atoms with Gasteiger partial charge in [0.1, 0.15) is 9.32 Å². The van der Waals surface area contributed by atoms with Crippen molar-refractivity contribution in [1.82, 2.24) is 9.97 Å². The molecule has 4 nitrogen and oxygen atoms in total. The fourth-order valence-electron chi connectivity index (χ4n) is 1.08. The molecule has 0 spiro atoms. The highest BCUT2D eigenvalue weighted by Gasteiger charge is 2.07. The van der Waals surface area contributed by atoms with E-state index in [1.807, 2.05) is 34.7 Å². The Balaban J connectivity index is 2.34. The number of nitrogens with zero attached hydrogens (tertiary/aromatic N) is 1. The Morgan fingerprint density at radius 2 is 2.25 bits per heavy atom. The Morgan fingerprint density at radius 3 is 3.00 bits per heavy atom. The smallest absolute Gasteiger partial charge is 0.268 e. The van der Waals surface area contributed by atoms with Gasteiger partial charge in [-0.1, -0.05) is 22.0 Å². The van der Waals surface area contributed by atoms with Crippen LogP contribution in [0.4, 0.5) is 0 Å². The van der Waals surface area contributed by atoms with Gasteiger partial charge in [-0.2, -0.15) is 0 Å². The van der Waals surface area contributed by atoms with Crippen LogP contribution in [0.15, 0.2) is 39.9 Å². The molecule has 0 aliphatic heterocycles. The van der Waals surface area contributed by atoms with Crippen LogP contribution in [0, 0.1) is 3.57 Å². The maximum Gasteiger partial charge on any atom is 0.268 e. The predicted molar refractivity (Wildman–Crippen MR) is 71.8 cm³/mol. The molecule has 1 N–H and O–H groups in total. The van der Waals surface area contributed by atoms with Crippen molar-refractivity contribution in [1.29, 1.82) is 0 Å². The first-order valence-electron chi connectivity index (χ1n) is 4.33. The lowest BCUT2D eigenvalue weighted by atomic mass is 10.3. The molecule has 16 heavy (non-hydrogen) atoms. The lowest BCUT2D eigenvalue weighted by Gasteiger charge is -2.05. The third kappa shape index (κ3) is 2.62. The predicted octanol–water partition coefficient (Wildman–Crippen LogP) is 2.93. The highest BCUT2D eigenvalue weighted by atomic mass is 127. The second-order valence-corrected chi connectivity index (χ2v) is 4.90. The van der Waals surface area contributed by atoms with Crippen molar-refractivity contribution in [2.75, 3.05) is 0 Å². The molecule has 0 aliphatic rings. The first-order chi connectivity index (χ1) is 7.66. The number of ether oxygens (including phenoxy) is 1. The number of aromatic amines is 1. The minimum absolute atomic E-state index is 0.208. The van der Waals surface area contributed by atoms with Crippen LogP contribution in [0.25, 0.3) is 0 Å². The summed E-state index contributed by atoms with van der Waals surface area (Å²) < 4.78 is 6.84. The molecule has 0 saturated carbocycles. The van der Waals surface area contributed by atoms with E-state index in [2.05, 4.69) is 25.9 Å². The number of benzene rings is 1. The van der Waals surface area contributed by atoms with E-state index < -0.39 is 0 Å². The summed E-state index contributed by atoms with van der Waals surface area (Å²) in [6, 6.07) is 7.34. The van der Waals surface area contributed by atoms with Crippen molar-refractivity contribution in [3.05, 3.63) is 49.0 Å². The van der Waals surface area contributed by atoms with Gasteiger partial charge in [0.2, 0.25) is 5.88 Å². The van der Waals surface area contributed by atoms with E-state index in [1.165, 1.54) is 6.33 Å². The summed E-state index contributed by atoms with van der Waals surface area (Å²) in [5.74, 6) is 0.938. The van der Waals surface area contributed by atoms with Gasteiger partial charge in [0, 0.05) is 4.47 Å². The Kier molecular flexibility index (Phi) is 3.59. The van der Waals surface area contributed by atoms with E-state index in [1.54, 1.807) is 12.1 Å². The molecule has 2 rings (SSSR count). The highest BCUT2D eigenvalue weighted by molar-refractivity contribution is 14.1. The molecule has 0 unspecified atom stereocenters. The van der Waals surface area contributed by atoms with Gasteiger partial charge in [-0.3, -0.25) is 4.79 Å². The second-order valence-electron chi connectivity index (χ2n) is 2.91. The molecule has 0 fully saturated rings. The molecule has 0 bridgehead atoms. The van der Waals surface area contributed by atoms with Crippen LogP contribution in [-0.4, -0.2) is 9.97 Å². The minimum atomic E-state index is -0.208. The quantitative estimate of drug-likeness (QED) is 0.799. The summed E-state index contributed by atoms with van der Waals surface area (Å²) in [7, 11) is 0. The third-order valence-corrected chi connectivity index (χ3v) is 3.22. The molecule has 1 aromatic carbocycles. The molecule has 0 atom stereocenters. The Bertz CT molecular complexity index is 571. The standard InChI is InChI=1S/C10H6BrIN2O2/c11-6-2-1-3-7(4-6)16-10-8(12)9(15)13-5-14-10/h1-5H,(H,13,14,15). The monoisotopic (exact) mass is 392 g/mol. The van der Waals surface area contributed by atoms with Gasteiger partial charge < -0.3 is 9.72 Å². The van der Waals surface area contributed by atoms with Crippen molar-refractivity contribution in [3.63, 3.8) is 0 Å². The van der Waals surface area contributed by atoms with Crippen molar-refractivity contribution < 1.29 is 4.74 Å². The normalized spacial score (nSPS) is 10.1. The van der Waals surface area contributed by atoms with E-state index in [-0.39, 0.29) is 5.56 Å². The van der Waals surface area contributed by atoms with E-state index in [0.29, 0.717) is 15.2 Å². The summed E-state index contributed by atoms with van der Waals surface area (Å²) in [4.78, 5) is 17.7. The van der Waals surface area contributed by atoms with Gasteiger partial charge in [0.15, 0.2) is 0 Å². The minimum Gasteiger partial charge on any atom is -0.438 e. The van der Waals surface area contributed by atoms with Gasteiger partial charge in [-0.05, 0) is 40.8 Å². The number of nitrogens with one attached hydrogen (secondary N) is 1. The molecule has 0 amide bonds. The van der Waals surface area contributed by atoms with Gasteiger partial charge in [0.25, 0.3) is 5.56 Å². The maximum absolute atomic E-state index is 11.3. The fraction of sp³-hybridized carbons (Fsp3) is 0. The topological polar surface area (TPSA) is 55.0 Å². The Hall–Kier alpha value is -0.890. The van der Waals surface area contributed by atoms with E-state index in [4.69, 9.17) is 4.74 Å². The van der Waals surface area contributed by atoms with Crippen molar-refractivity contribution >= 4 is 38.5 Å². The molecular formula is C10H6BrIN2O2. The van der Waals surface area contributed by atoms with Crippen LogP contribution in [0.3, 0.4) is 0 Å². The average molecular weight is 393 g/mol. The first kappa shape index (κ1) is 11.6. The Labute approximate surface area is 113 Å². The van der Waals surface area contributed by atoms with Crippen LogP contribution in [0.5, 0.6) is 11.6 Å². The Morgan fingerprint density at radius 1 is 1.44 bits per heavy atom. The van der Waals surface area contributed by atoms with Crippen LogP contribution in [0.1, 0.15) is 0 Å². The second kappa shape index (κ2) is 4.96. The van der Waals surface area contributed by atoms with Crippen molar-refractivity contribution in [2.45, 2.75) is 0 Å². The van der Waals surface area contributed by atoms with Crippen LogP contribution in [0.2, 0.25) is 0 Å². The number of hydrogen-bond donors (Lipinski definition) is 1. The summed E-state index contributed by atoms with van der Waals surface area (Å²) >= 11 is 5.24. The summed E-state index contributed by atoms with van der Waals surface area (Å²) in [5.41, 5.74) is -0.208. The van der Waals surface area contributed by atoms with Crippen LogP contribution >= 0.6 is 38.5 Å². The lowest BCUT2D eigenvalue weighted by Crippen LogP contribution is -2.11. The molecular weight excluding hydrogens is 387 g/mol. The number of halogens is 2. The van der Waals surface area contributed by atoms with Gasteiger partial charge in [-0.25, -0.2) is 4.98 Å². The molecule has 6 heteroatoms. The maximum atomic E-state index is 11.3. The average Bonchev–Trinajstić information content (AvgIpc) is 2.25. The molecule has 0 radical (unpaired) electrons. The van der Waals surface area contributed by atoms with E-state index in [9.17, 15) is 4.79 Å². The highest BCUT2D eigenvalue weighted by Crippen LogP contribution is 2.24. The van der Waals surface area contributed by atoms with Crippen LogP contribution < -0.4 is 10.3 Å². The molecule has 0 saturated heterocycles. The number of aromatic nitrogens is 2. The van der Waals surface area contributed by atoms with Crippen LogP contribution in [-0.2, 0) is 0 Å². The van der Waals surface area contributed by atoms with Gasteiger partial charge >= 0.3 is 0 Å². The summed E-state index contributed by atoms with van der Waals surface area (Å²) in [6.07, 6.45) is 1.32. The van der Waals surface area contributed by atoms with Crippen molar-refractivity contribution in [2.24, 2.45) is 0 Å². The van der Waals surface area contributed by atoms with E-state index in [0.717, 1.165) is 4.47 Å². The summed E-state index contributed by atoms with van der Waals surface area (Å²) in [6.45, 7) is 0. The zero-order chi connectivity index (χ0) is 11.5. The lowest BCUT2D eigenvalue weighted by molar-refractivity contribution is 0.456. The molecule has 2 aromatic rings. The van der Waals surface area contributed by atoms with E-state index >= 15 is 0 Å². The molecule has 1 heterocycles. The third-order valence-electron chi connectivity index (χ3n) is 1.78.